The number of aromatic hydroxyl groups is 1. The molecule has 176 valence electrons. The molecule has 0 amide bonds. The minimum absolute atomic E-state index is 0.00547. The Hall–Kier alpha value is -1.86. The fourth-order valence-electron chi connectivity index (χ4n) is 7.52. The van der Waals surface area contributed by atoms with E-state index in [1.807, 2.05) is 18.2 Å². The Balaban J connectivity index is 1.37. The monoisotopic (exact) mass is 470 g/mol. The summed E-state index contributed by atoms with van der Waals surface area (Å²) in [6.45, 7) is 0.852. The van der Waals surface area contributed by atoms with Crippen LogP contribution in [0.25, 0.3) is 0 Å². The van der Waals surface area contributed by atoms with Gasteiger partial charge in [0.2, 0.25) is 5.24 Å². The Morgan fingerprint density at radius 2 is 2.21 bits per heavy atom. The summed E-state index contributed by atoms with van der Waals surface area (Å²) in [7, 11) is 2.09. The van der Waals surface area contributed by atoms with E-state index in [2.05, 4.69) is 29.4 Å². The largest absolute Gasteiger partial charge is 0.504 e. The molecule has 2 fully saturated rings. The molecule has 1 unspecified atom stereocenters. The topological polar surface area (TPSA) is 82.0 Å². The van der Waals surface area contributed by atoms with E-state index in [0.717, 1.165) is 36.9 Å². The molecule has 33 heavy (non-hydrogen) atoms. The molecule has 3 aliphatic carbocycles. The second-order valence-electron chi connectivity index (χ2n) is 10.5. The van der Waals surface area contributed by atoms with E-state index in [0.29, 0.717) is 25.0 Å². The number of likely N-dealkylation sites (tertiary alicyclic amines) is 1. The molecular weight excluding hydrogens is 440 g/mol. The molecule has 0 aromatic heterocycles. The van der Waals surface area contributed by atoms with E-state index in [-0.39, 0.29) is 35.1 Å². The van der Waals surface area contributed by atoms with E-state index in [1.54, 1.807) is 6.07 Å². The summed E-state index contributed by atoms with van der Waals surface area (Å²) < 4.78 is 6.52. The highest BCUT2D eigenvalue weighted by Crippen LogP contribution is 2.65. The first-order chi connectivity index (χ1) is 15.8. The zero-order chi connectivity index (χ0) is 23.0. The van der Waals surface area contributed by atoms with Gasteiger partial charge in [0, 0.05) is 17.6 Å². The van der Waals surface area contributed by atoms with E-state index in [4.69, 9.17) is 16.3 Å². The normalized spacial score (nSPS) is 39.1. The highest BCUT2D eigenvalue weighted by molar-refractivity contribution is 6.64. The number of nitrogens with zero attached hydrogens (tertiary/aromatic N) is 1. The number of nitrogens with one attached hydrogen (secondary N) is 1. The van der Waals surface area contributed by atoms with E-state index in [1.165, 1.54) is 0 Å². The maximum absolute atomic E-state index is 12.4. The minimum atomic E-state index is -0.938. The Morgan fingerprint density at radius 3 is 2.97 bits per heavy atom. The summed E-state index contributed by atoms with van der Waals surface area (Å²) >= 11 is 6.07. The van der Waals surface area contributed by atoms with Crippen molar-refractivity contribution in [1.82, 2.24) is 10.2 Å². The number of carbonyl (C=O) groups excluding carboxylic acids is 1. The van der Waals surface area contributed by atoms with Gasteiger partial charge in [0.1, 0.15) is 6.10 Å². The van der Waals surface area contributed by atoms with Crippen LogP contribution in [0.2, 0.25) is 0 Å². The maximum Gasteiger partial charge on any atom is 0.238 e. The van der Waals surface area contributed by atoms with Crippen molar-refractivity contribution < 1.29 is 19.7 Å². The summed E-state index contributed by atoms with van der Waals surface area (Å²) in [6.07, 6.45) is 12.2. The Labute approximate surface area is 199 Å². The lowest BCUT2D eigenvalue weighted by atomic mass is 9.48. The molecule has 7 heteroatoms. The third-order valence-corrected chi connectivity index (χ3v) is 9.29. The molecule has 1 aromatic rings. The van der Waals surface area contributed by atoms with E-state index >= 15 is 0 Å². The lowest BCUT2D eigenvalue weighted by Crippen LogP contribution is -2.78. The molecule has 2 heterocycles. The molecule has 2 aliphatic heterocycles. The minimum Gasteiger partial charge on any atom is -0.504 e. The van der Waals surface area contributed by atoms with Crippen LogP contribution in [0.3, 0.4) is 0 Å². The highest BCUT2D eigenvalue weighted by Gasteiger charge is 2.72. The molecule has 1 saturated heterocycles. The fourth-order valence-corrected chi connectivity index (χ4v) is 7.67. The van der Waals surface area contributed by atoms with E-state index in [9.17, 15) is 15.0 Å². The second-order valence-corrected chi connectivity index (χ2v) is 10.9. The van der Waals surface area contributed by atoms with Crippen LogP contribution >= 0.6 is 11.6 Å². The zero-order valence-corrected chi connectivity index (χ0v) is 19.6. The van der Waals surface area contributed by atoms with Crippen LogP contribution in [0.15, 0.2) is 36.4 Å². The first kappa shape index (κ1) is 21.7. The van der Waals surface area contributed by atoms with Crippen LogP contribution in [-0.4, -0.2) is 63.8 Å². The number of benzene rings is 1. The van der Waals surface area contributed by atoms with Gasteiger partial charge < -0.3 is 19.8 Å². The van der Waals surface area contributed by atoms with Crippen LogP contribution in [0.5, 0.6) is 11.5 Å². The Kier molecular flexibility index (Phi) is 4.97. The van der Waals surface area contributed by atoms with Crippen molar-refractivity contribution in [3.05, 3.63) is 47.6 Å². The summed E-state index contributed by atoms with van der Waals surface area (Å²) in [4.78, 5) is 14.7. The van der Waals surface area contributed by atoms with Gasteiger partial charge in [-0.25, -0.2) is 0 Å². The Bertz CT molecular complexity index is 1060. The van der Waals surface area contributed by atoms with Crippen LogP contribution in [0, 0.1) is 5.92 Å². The lowest BCUT2D eigenvalue weighted by Gasteiger charge is -2.63. The molecule has 3 N–H and O–H groups in total. The average Bonchev–Trinajstić information content (AvgIpc) is 3.16. The summed E-state index contributed by atoms with van der Waals surface area (Å²) in [6, 6.07) is 3.05. The van der Waals surface area contributed by atoms with Crippen LogP contribution < -0.4 is 10.1 Å². The Morgan fingerprint density at radius 1 is 1.36 bits per heavy atom. The van der Waals surface area contributed by atoms with Crippen molar-refractivity contribution in [1.29, 1.82) is 0 Å². The molecule has 2 bridgehead atoms. The van der Waals surface area contributed by atoms with Crippen molar-refractivity contribution in [2.45, 2.75) is 73.8 Å². The van der Waals surface area contributed by atoms with Gasteiger partial charge in [-0.15, -0.1) is 0 Å². The number of likely N-dealkylation sites (N-methyl/N-ethyl adjacent to an activating group) is 1. The van der Waals surface area contributed by atoms with Crippen molar-refractivity contribution >= 4 is 16.8 Å². The lowest BCUT2D eigenvalue weighted by molar-refractivity contribution is -0.187. The van der Waals surface area contributed by atoms with Crippen molar-refractivity contribution in [3.63, 3.8) is 0 Å². The number of rotatable bonds is 5. The van der Waals surface area contributed by atoms with Gasteiger partial charge in [-0.3, -0.25) is 10.1 Å². The van der Waals surface area contributed by atoms with Crippen molar-refractivity contribution in [2.24, 2.45) is 5.92 Å². The maximum atomic E-state index is 12.4. The summed E-state index contributed by atoms with van der Waals surface area (Å²) in [5, 5.41) is 26.1. The summed E-state index contributed by atoms with van der Waals surface area (Å²) in [5.74, 6) is 0.899. The second kappa shape index (κ2) is 7.57. The molecule has 0 radical (unpaired) electrons. The van der Waals surface area contributed by atoms with Gasteiger partial charge in [-0.1, -0.05) is 30.4 Å². The molecule has 6 rings (SSSR count). The first-order valence-electron chi connectivity index (χ1n) is 12.1. The molecule has 6 nitrogen and oxygen atoms in total. The quantitative estimate of drug-likeness (QED) is 0.574. The predicted octanol–water partition coefficient (Wildman–Crippen LogP) is 2.79. The predicted molar refractivity (Wildman–Crippen MR) is 126 cm³/mol. The number of allylic oxidation sites excluding steroid dienone is 4. The number of phenols is 1. The van der Waals surface area contributed by atoms with E-state index < -0.39 is 17.1 Å². The van der Waals surface area contributed by atoms with Gasteiger partial charge in [-0.05, 0) is 81.3 Å². The number of ether oxygens (including phenoxy) is 1. The van der Waals surface area contributed by atoms with Gasteiger partial charge in [-0.2, -0.15) is 0 Å². The van der Waals surface area contributed by atoms with Crippen LogP contribution in [0.4, 0.5) is 0 Å². The van der Waals surface area contributed by atoms with Crippen LogP contribution in [0.1, 0.15) is 43.2 Å². The SMILES string of the molecule is CN1CC[C@]23c4c5ccc(O)c4O[C@H]2[C@@H](N[C@@H](CC2C=CC=CC2)C(=O)Cl)CC[C@@]3(O)[C@H]1C5. The number of halogens is 1. The standard InChI is InChI=1S/C26H31ClN2O4/c1-29-12-11-25-21-16-7-8-19(30)22(21)33-23(25)17(9-10-26(25,32)20(29)14-16)28-18(24(27)31)13-15-5-3-2-4-6-15/h2-5,7-8,15,17-18,20,23,28,30,32H,6,9-14H2,1H3/t15?,17-,18-,20+,23-,25-,26+/m0/s1. The molecular formula is C26H31ClN2O4. The molecule has 5 aliphatic rings. The van der Waals surface area contributed by atoms with Crippen molar-refractivity contribution in [3.8, 4) is 11.5 Å². The average molecular weight is 471 g/mol. The number of hydrogen-bond acceptors (Lipinski definition) is 6. The number of aliphatic hydroxyl groups is 1. The van der Waals surface area contributed by atoms with Crippen LogP contribution in [-0.2, 0) is 16.6 Å². The number of hydrogen-bond donors (Lipinski definition) is 3. The third-order valence-electron chi connectivity index (χ3n) is 9.03. The fraction of sp³-hybridized carbons (Fsp3) is 0.577. The first-order valence-corrected chi connectivity index (χ1v) is 12.5. The number of piperidine rings is 1. The highest BCUT2D eigenvalue weighted by atomic mass is 35.5. The number of phenolic OH excluding ortho intramolecular Hbond substituents is 1. The molecule has 1 spiro atoms. The van der Waals surface area contributed by atoms with Crippen molar-refractivity contribution in [2.75, 3.05) is 13.6 Å². The summed E-state index contributed by atoms with van der Waals surface area (Å²) in [5.41, 5.74) is 0.595. The number of carbonyl (C=O) groups is 1. The molecule has 7 atom stereocenters. The van der Waals surface area contributed by atoms with Gasteiger partial charge >= 0.3 is 0 Å². The smallest absolute Gasteiger partial charge is 0.238 e. The van der Waals surface area contributed by atoms with Gasteiger partial charge in [0.25, 0.3) is 0 Å². The van der Waals surface area contributed by atoms with Gasteiger partial charge in [0.05, 0.1) is 17.1 Å². The molecule has 1 saturated carbocycles. The van der Waals surface area contributed by atoms with Gasteiger partial charge in [0.15, 0.2) is 11.5 Å². The molecule has 1 aromatic carbocycles. The zero-order valence-electron chi connectivity index (χ0n) is 18.8. The third kappa shape index (κ3) is 2.94.